The lowest BCUT2D eigenvalue weighted by atomic mass is 10.2. The molecule has 3 rings (SSSR count). The summed E-state index contributed by atoms with van der Waals surface area (Å²) in [7, 11) is 0. The third kappa shape index (κ3) is 5.59. The average molecular weight is 397 g/mol. The van der Waals surface area contributed by atoms with Crippen LogP contribution in [-0.4, -0.2) is 27.7 Å². The third-order valence-electron chi connectivity index (χ3n) is 4.42. The van der Waals surface area contributed by atoms with Crippen molar-refractivity contribution in [3.05, 3.63) is 59.9 Å². The molecule has 0 saturated heterocycles. The molecule has 0 aliphatic rings. The van der Waals surface area contributed by atoms with Gasteiger partial charge >= 0.3 is 5.97 Å². The summed E-state index contributed by atoms with van der Waals surface area (Å²) in [6.45, 7) is 12.4. The fraction of sp³-hybridized carbons (Fsp3) is 0.417. The van der Waals surface area contributed by atoms with E-state index >= 15 is 0 Å². The normalized spacial score (nSPS) is 11.7. The van der Waals surface area contributed by atoms with Gasteiger partial charge in [-0.15, -0.1) is 0 Å². The van der Waals surface area contributed by atoms with Gasteiger partial charge in [0.1, 0.15) is 0 Å². The SMILES string of the molecule is CC.CCC(Oc1nccc2c1cc(C)n2Cc1ccccc1)C(=O)OC(C)C. The van der Waals surface area contributed by atoms with Gasteiger partial charge in [0.05, 0.1) is 17.0 Å². The maximum Gasteiger partial charge on any atom is 0.347 e. The van der Waals surface area contributed by atoms with Crippen LogP contribution in [0.2, 0.25) is 0 Å². The van der Waals surface area contributed by atoms with Crippen LogP contribution in [-0.2, 0) is 16.1 Å². The fourth-order valence-electron chi connectivity index (χ4n) is 3.10. The van der Waals surface area contributed by atoms with Crippen LogP contribution in [0.5, 0.6) is 5.88 Å². The highest BCUT2D eigenvalue weighted by molar-refractivity contribution is 5.86. The van der Waals surface area contributed by atoms with E-state index in [1.54, 1.807) is 6.20 Å². The Hall–Kier alpha value is -2.82. The van der Waals surface area contributed by atoms with Crippen LogP contribution in [0.15, 0.2) is 48.7 Å². The van der Waals surface area contributed by atoms with Gasteiger partial charge in [0.15, 0.2) is 6.10 Å². The molecule has 2 heterocycles. The zero-order valence-corrected chi connectivity index (χ0v) is 18.3. The number of fused-ring (bicyclic) bond motifs is 1. The zero-order chi connectivity index (χ0) is 21.4. The van der Waals surface area contributed by atoms with Gasteiger partial charge < -0.3 is 14.0 Å². The minimum Gasteiger partial charge on any atom is -0.462 e. The van der Waals surface area contributed by atoms with Crippen LogP contribution < -0.4 is 4.74 Å². The van der Waals surface area contributed by atoms with E-state index in [0.717, 1.165) is 23.1 Å². The Kier molecular flexibility index (Phi) is 8.25. The quantitative estimate of drug-likeness (QED) is 0.493. The van der Waals surface area contributed by atoms with Crippen LogP contribution in [0.4, 0.5) is 0 Å². The summed E-state index contributed by atoms with van der Waals surface area (Å²) >= 11 is 0. The molecule has 156 valence electrons. The number of nitrogens with zero attached hydrogens (tertiary/aromatic N) is 2. The Bertz CT molecular complexity index is 917. The van der Waals surface area contributed by atoms with Gasteiger partial charge in [0, 0.05) is 18.4 Å². The number of benzene rings is 1. The van der Waals surface area contributed by atoms with E-state index in [4.69, 9.17) is 9.47 Å². The van der Waals surface area contributed by atoms with Crippen LogP contribution in [0.25, 0.3) is 10.9 Å². The molecule has 0 N–H and O–H groups in total. The summed E-state index contributed by atoms with van der Waals surface area (Å²) in [6.07, 6.45) is 1.41. The second-order valence-corrected chi connectivity index (χ2v) is 6.91. The lowest BCUT2D eigenvalue weighted by Gasteiger charge is -2.18. The summed E-state index contributed by atoms with van der Waals surface area (Å²) in [5, 5.41) is 0.904. The van der Waals surface area contributed by atoms with Gasteiger partial charge in [-0.3, -0.25) is 0 Å². The number of aryl methyl sites for hydroxylation is 1. The minimum absolute atomic E-state index is 0.173. The highest BCUT2D eigenvalue weighted by Crippen LogP contribution is 2.28. The fourth-order valence-corrected chi connectivity index (χ4v) is 3.10. The van der Waals surface area contributed by atoms with Crippen molar-refractivity contribution in [1.82, 2.24) is 9.55 Å². The monoisotopic (exact) mass is 396 g/mol. The molecule has 0 saturated carbocycles. The summed E-state index contributed by atoms with van der Waals surface area (Å²) in [6, 6.07) is 14.4. The maximum atomic E-state index is 12.3. The van der Waals surface area contributed by atoms with E-state index < -0.39 is 6.10 Å². The first kappa shape index (κ1) is 22.5. The lowest BCUT2D eigenvalue weighted by Crippen LogP contribution is -2.30. The van der Waals surface area contributed by atoms with Crippen molar-refractivity contribution in [2.45, 2.75) is 66.7 Å². The van der Waals surface area contributed by atoms with Crippen molar-refractivity contribution in [1.29, 1.82) is 0 Å². The molecule has 0 bridgehead atoms. The predicted molar refractivity (Wildman–Crippen MR) is 117 cm³/mol. The van der Waals surface area contributed by atoms with Crippen molar-refractivity contribution in [2.24, 2.45) is 0 Å². The van der Waals surface area contributed by atoms with Gasteiger partial charge in [-0.05, 0) is 44.9 Å². The summed E-state index contributed by atoms with van der Waals surface area (Å²) < 4.78 is 13.5. The van der Waals surface area contributed by atoms with Gasteiger partial charge in [0.25, 0.3) is 0 Å². The van der Waals surface area contributed by atoms with Crippen LogP contribution >= 0.6 is 0 Å². The second kappa shape index (κ2) is 10.6. The minimum atomic E-state index is -0.664. The molecule has 0 spiro atoms. The number of carbonyl (C=O) groups is 1. The molecule has 1 aromatic carbocycles. The van der Waals surface area contributed by atoms with E-state index in [0.29, 0.717) is 12.3 Å². The second-order valence-electron chi connectivity index (χ2n) is 6.91. The van der Waals surface area contributed by atoms with E-state index in [1.165, 1.54) is 5.56 Å². The largest absolute Gasteiger partial charge is 0.462 e. The molecular weight excluding hydrogens is 364 g/mol. The molecule has 5 heteroatoms. The molecule has 0 aliphatic heterocycles. The van der Waals surface area contributed by atoms with Crippen LogP contribution in [0.1, 0.15) is 52.3 Å². The number of pyridine rings is 1. The molecule has 3 aromatic rings. The van der Waals surface area contributed by atoms with Crippen molar-refractivity contribution in [3.63, 3.8) is 0 Å². The van der Waals surface area contributed by atoms with Gasteiger partial charge in [-0.25, -0.2) is 9.78 Å². The molecule has 1 unspecified atom stereocenters. The zero-order valence-electron chi connectivity index (χ0n) is 18.3. The lowest BCUT2D eigenvalue weighted by molar-refractivity contribution is -0.156. The Morgan fingerprint density at radius 2 is 1.83 bits per heavy atom. The van der Waals surface area contributed by atoms with Crippen molar-refractivity contribution in [3.8, 4) is 5.88 Å². The molecule has 0 amide bonds. The van der Waals surface area contributed by atoms with E-state index in [2.05, 4.69) is 34.7 Å². The Balaban J connectivity index is 0.00000145. The number of carbonyl (C=O) groups excluding carboxylic acids is 1. The molecule has 0 fully saturated rings. The smallest absolute Gasteiger partial charge is 0.347 e. The standard InChI is InChI=1S/C22H26N2O3.C2H6/c1-5-20(22(25)26-15(2)3)27-21-18-13-16(4)24(19(18)11-12-23-21)14-17-9-7-6-8-10-17;1-2/h6-13,15,20H,5,14H2,1-4H3;1-2H3. The number of rotatable bonds is 7. The summed E-state index contributed by atoms with van der Waals surface area (Å²) in [5.74, 6) is 0.113. The Labute approximate surface area is 173 Å². The molecule has 2 aromatic heterocycles. The van der Waals surface area contributed by atoms with Crippen molar-refractivity contribution < 1.29 is 14.3 Å². The molecule has 29 heavy (non-hydrogen) atoms. The van der Waals surface area contributed by atoms with Gasteiger partial charge in [0.2, 0.25) is 5.88 Å². The number of hydrogen-bond acceptors (Lipinski definition) is 4. The summed E-state index contributed by atoms with van der Waals surface area (Å²) in [5.41, 5.74) is 3.38. The summed E-state index contributed by atoms with van der Waals surface area (Å²) in [4.78, 5) is 16.6. The first-order valence-corrected chi connectivity index (χ1v) is 10.4. The number of ether oxygens (including phenoxy) is 2. The molecule has 1 atom stereocenters. The number of esters is 1. The van der Waals surface area contributed by atoms with E-state index in [-0.39, 0.29) is 12.1 Å². The Morgan fingerprint density at radius 3 is 2.45 bits per heavy atom. The molecule has 0 aliphatic carbocycles. The van der Waals surface area contributed by atoms with Crippen molar-refractivity contribution >= 4 is 16.9 Å². The topological polar surface area (TPSA) is 53.4 Å². The maximum absolute atomic E-state index is 12.3. The third-order valence-corrected chi connectivity index (χ3v) is 4.42. The number of aromatic nitrogens is 2. The predicted octanol–water partition coefficient (Wildman–Crippen LogP) is 5.53. The van der Waals surface area contributed by atoms with E-state index in [9.17, 15) is 4.79 Å². The molecular formula is C24H32N2O3. The van der Waals surface area contributed by atoms with Gasteiger partial charge in [-0.1, -0.05) is 51.1 Å². The van der Waals surface area contributed by atoms with Crippen LogP contribution in [0.3, 0.4) is 0 Å². The first-order valence-electron chi connectivity index (χ1n) is 10.4. The highest BCUT2D eigenvalue weighted by Gasteiger charge is 2.23. The van der Waals surface area contributed by atoms with Gasteiger partial charge in [-0.2, -0.15) is 0 Å². The Morgan fingerprint density at radius 1 is 1.14 bits per heavy atom. The first-order chi connectivity index (χ1) is 14.0. The van der Waals surface area contributed by atoms with Crippen LogP contribution in [0, 0.1) is 6.92 Å². The number of hydrogen-bond donors (Lipinski definition) is 0. The molecule has 0 radical (unpaired) electrons. The van der Waals surface area contributed by atoms with Crippen molar-refractivity contribution in [2.75, 3.05) is 0 Å². The highest BCUT2D eigenvalue weighted by atomic mass is 16.6. The molecule has 5 nitrogen and oxygen atoms in total. The average Bonchev–Trinajstić information content (AvgIpc) is 3.04. The van der Waals surface area contributed by atoms with E-state index in [1.807, 2.05) is 58.9 Å².